The third-order valence-electron chi connectivity index (χ3n) is 1.97. The highest BCUT2D eigenvalue weighted by Gasteiger charge is 2.36. The molecule has 1 aliphatic rings. The van der Waals surface area contributed by atoms with Crippen LogP contribution in [0.15, 0.2) is 36.5 Å². The number of carbonyl (C=O) groups is 3. The van der Waals surface area contributed by atoms with Gasteiger partial charge < -0.3 is 14.2 Å². The average molecular weight is 252 g/mol. The predicted molar refractivity (Wildman–Crippen MR) is 60.3 cm³/mol. The van der Waals surface area contributed by atoms with Crippen LogP contribution >= 0.6 is 0 Å². The molecule has 1 aliphatic heterocycles. The second-order valence-corrected chi connectivity index (χ2v) is 3.20. The molecule has 0 saturated carbocycles. The Bertz CT molecular complexity index is 432. The largest absolute Gasteiger partial charge is 0.458 e. The molecule has 0 fully saturated rings. The van der Waals surface area contributed by atoms with Gasteiger partial charge >= 0.3 is 17.9 Å². The van der Waals surface area contributed by atoms with E-state index in [4.69, 9.17) is 4.74 Å². The summed E-state index contributed by atoms with van der Waals surface area (Å²) >= 11 is 0. The molecule has 0 N–H and O–H groups in total. The lowest BCUT2D eigenvalue weighted by Gasteiger charge is -2.03. The fraction of sp³-hybridized carbons (Fsp3) is 0.250. The lowest BCUT2D eigenvalue weighted by atomic mass is 10.1. The fourth-order valence-corrected chi connectivity index (χ4v) is 1.20. The van der Waals surface area contributed by atoms with Crippen molar-refractivity contribution < 1.29 is 28.6 Å². The zero-order valence-corrected chi connectivity index (χ0v) is 9.64. The molecule has 6 heteroatoms. The SMILES string of the molecule is C=CCOC(=O)C1=C(C(=O)OCC=C)C(=O)OC1. The van der Waals surface area contributed by atoms with Crippen molar-refractivity contribution in [3.05, 3.63) is 36.5 Å². The van der Waals surface area contributed by atoms with Crippen LogP contribution in [-0.2, 0) is 28.6 Å². The normalized spacial score (nSPS) is 13.9. The van der Waals surface area contributed by atoms with Crippen molar-refractivity contribution in [3.8, 4) is 0 Å². The van der Waals surface area contributed by atoms with Gasteiger partial charge in [-0.15, -0.1) is 0 Å². The van der Waals surface area contributed by atoms with E-state index in [0.717, 1.165) is 0 Å². The van der Waals surface area contributed by atoms with Gasteiger partial charge in [-0.25, -0.2) is 14.4 Å². The van der Waals surface area contributed by atoms with E-state index < -0.39 is 23.5 Å². The number of hydrogen-bond donors (Lipinski definition) is 0. The maximum Gasteiger partial charge on any atom is 0.346 e. The Morgan fingerprint density at radius 1 is 1.17 bits per heavy atom. The van der Waals surface area contributed by atoms with E-state index in [1.807, 2.05) is 0 Å². The van der Waals surface area contributed by atoms with Gasteiger partial charge in [0, 0.05) is 0 Å². The van der Waals surface area contributed by atoms with Gasteiger partial charge in [0.1, 0.15) is 19.8 Å². The van der Waals surface area contributed by atoms with Crippen molar-refractivity contribution in [3.63, 3.8) is 0 Å². The Balaban J connectivity index is 2.88. The summed E-state index contributed by atoms with van der Waals surface area (Å²) in [7, 11) is 0. The summed E-state index contributed by atoms with van der Waals surface area (Å²) in [6, 6.07) is 0. The minimum absolute atomic E-state index is 0.0223. The zero-order chi connectivity index (χ0) is 13.5. The predicted octanol–water partition coefficient (Wildman–Crippen LogP) is 0.298. The van der Waals surface area contributed by atoms with Crippen LogP contribution in [0.1, 0.15) is 0 Å². The molecule has 0 aromatic carbocycles. The van der Waals surface area contributed by atoms with E-state index in [9.17, 15) is 14.4 Å². The van der Waals surface area contributed by atoms with E-state index in [0.29, 0.717) is 0 Å². The van der Waals surface area contributed by atoms with E-state index in [1.165, 1.54) is 12.2 Å². The summed E-state index contributed by atoms with van der Waals surface area (Å²) in [5.41, 5.74) is -0.568. The maximum atomic E-state index is 11.6. The summed E-state index contributed by atoms with van der Waals surface area (Å²) in [6.45, 7) is 6.35. The lowest BCUT2D eigenvalue weighted by Crippen LogP contribution is -2.17. The molecule has 0 atom stereocenters. The number of ether oxygens (including phenoxy) is 3. The summed E-state index contributed by atoms with van der Waals surface area (Å²) in [5.74, 6) is -2.62. The van der Waals surface area contributed by atoms with Crippen LogP contribution in [-0.4, -0.2) is 37.7 Å². The maximum absolute atomic E-state index is 11.6. The van der Waals surface area contributed by atoms with Crippen molar-refractivity contribution in [2.24, 2.45) is 0 Å². The van der Waals surface area contributed by atoms with Crippen LogP contribution in [0.4, 0.5) is 0 Å². The fourth-order valence-electron chi connectivity index (χ4n) is 1.20. The Labute approximate surface area is 104 Å². The second kappa shape index (κ2) is 6.39. The number of carbonyl (C=O) groups excluding carboxylic acids is 3. The van der Waals surface area contributed by atoms with Crippen molar-refractivity contribution in [2.75, 3.05) is 19.8 Å². The van der Waals surface area contributed by atoms with Gasteiger partial charge in [-0.1, -0.05) is 25.3 Å². The van der Waals surface area contributed by atoms with E-state index in [2.05, 4.69) is 22.6 Å². The van der Waals surface area contributed by atoms with Crippen LogP contribution in [0, 0.1) is 0 Å². The molecule has 0 unspecified atom stereocenters. The van der Waals surface area contributed by atoms with Crippen molar-refractivity contribution >= 4 is 17.9 Å². The van der Waals surface area contributed by atoms with Gasteiger partial charge in [-0.05, 0) is 0 Å². The van der Waals surface area contributed by atoms with Gasteiger partial charge in [-0.3, -0.25) is 0 Å². The first kappa shape index (κ1) is 13.7. The molecular weight excluding hydrogens is 240 g/mol. The van der Waals surface area contributed by atoms with Crippen LogP contribution < -0.4 is 0 Å². The lowest BCUT2D eigenvalue weighted by molar-refractivity contribution is -0.144. The van der Waals surface area contributed by atoms with E-state index >= 15 is 0 Å². The van der Waals surface area contributed by atoms with Crippen molar-refractivity contribution in [1.82, 2.24) is 0 Å². The van der Waals surface area contributed by atoms with Crippen molar-refractivity contribution in [1.29, 1.82) is 0 Å². The minimum Gasteiger partial charge on any atom is -0.458 e. The molecule has 0 bridgehead atoms. The summed E-state index contributed by atoms with van der Waals surface area (Å²) in [5, 5.41) is 0. The first-order chi connectivity index (χ1) is 8.61. The minimum atomic E-state index is -0.928. The van der Waals surface area contributed by atoms with Gasteiger partial charge in [0.05, 0.1) is 5.57 Å². The highest BCUT2D eigenvalue weighted by Crippen LogP contribution is 2.18. The molecule has 1 heterocycles. The molecule has 0 aromatic heterocycles. The standard InChI is InChI=1S/C12H12O6/c1-3-5-16-10(13)8-7-18-12(15)9(8)11(14)17-6-4-2/h3-4H,1-2,5-7H2. The third-order valence-corrected chi connectivity index (χ3v) is 1.97. The number of esters is 3. The topological polar surface area (TPSA) is 78.9 Å². The van der Waals surface area contributed by atoms with Gasteiger partial charge in [-0.2, -0.15) is 0 Å². The first-order valence-electron chi connectivity index (χ1n) is 5.08. The quantitative estimate of drug-likeness (QED) is 0.293. The summed E-state index contributed by atoms with van der Waals surface area (Å²) in [6.07, 6.45) is 2.71. The smallest absolute Gasteiger partial charge is 0.346 e. The molecule has 0 amide bonds. The molecule has 0 aromatic rings. The van der Waals surface area contributed by atoms with Crippen LogP contribution in [0.5, 0.6) is 0 Å². The zero-order valence-electron chi connectivity index (χ0n) is 9.64. The molecule has 0 radical (unpaired) electrons. The molecule has 0 spiro atoms. The van der Waals surface area contributed by atoms with Gasteiger partial charge in [0.2, 0.25) is 0 Å². The first-order valence-corrected chi connectivity index (χ1v) is 5.08. The molecule has 18 heavy (non-hydrogen) atoms. The van der Waals surface area contributed by atoms with Crippen molar-refractivity contribution in [2.45, 2.75) is 0 Å². The molecule has 0 saturated heterocycles. The summed E-state index contributed by atoms with van der Waals surface area (Å²) in [4.78, 5) is 34.4. The van der Waals surface area contributed by atoms with E-state index in [-0.39, 0.29) is 25.4 Å². The Morgan fingerprint density at radius 2 is 1.72 bits per heavy atom. The summed E-state index contributed by atoms with van der Waals surface area (Å²) < 4.78 is 14.0. The number of hydrogen-bond acceptors (Lipinski definition) is 6. The van der Waals surface area contributed by atoms with Crippen LogP contribution in [0.3, 0.4) is 0 Å². The van der Waals surface area contributed by atoms with Crippen LogP contribution in [0.25, 0.3) is 0 Å². The second-order valence-electron chi connectivity index (χ2n) is 3.20. The monoisotopic (exact) mass is 252 g/mol. The average Bonchev–Trinajstić information content (AvgIpc) is 2.75. The van der Waals surface area contributed by atoms with E-state index in [1.54, 1.807) is 0 Å². The Kier molecular flexibility index (Phi) is 4.86. The third kappa shape index (κ3) is 3.07. The number of rotatable bonds is 6. The van der Waals surface area contributed by atoms with Gasteiger partial charge in [0.25, 0.3) is 0 Å². The Morgan fingerprint density at radius 3 is 2.28 bits per heavy atom. The molecule has 96 valence electrons. The molecule has 6 nitrogen and oxygen atoms in total. The Hall–Kier alpha value is -2.37. The van der Waals surface area contributed by atoms with Gasteiger partial charge in [0.15, 0.2) is 5.57 Å². The highest BCUT2D eigenvalue weighted by atomic mass is 16.6. The number of cyclic esters (lactones) is 1. The molecular formula is C12H12O6. The van der Waals surface area contributed by atoms with Crippen LogP contribution in [0.2, 0.25) is 0 Å². The molecule has 0 aliphatic carbocycles. The highest BCUT2D eigenvalue weighted by molar-refractivity contribution is 6.20. The molecule has 1 rings (SSSR count).